The van der Waals surface area contributed by atoms with Gasteiger partial charge in [-0.15, -0.1) is 0 Å². The van der Waals surface area contributed by atoms with Crippen LogP contribution < -0.4 is 10.1 Å². The summed E-state index contributed by atoms with van der Waals surface area (Å²) in [6, 6.07) is 6.42. The second-order valence-corrected chi connectivity index (χ2v) is 6.87. The number of hydrogen-bond acceptors (Lipinski definition) is 7. The third-order valence-corrected chi connectivity index (χ3v) is 4.43. The van der Waals surface area contributed by atoms with Gasteiger partial charge in [-0.05, 0) is 38.1 Å². The van der Waals surface area contributed by atoms with Crippen molar-refractivity contribution in [2.75, 3.05) is 18.5 Å². The number of carbonyl (C=O) groups excluding carboxylic acids is 3. The van der Waals surface area contributed by atoms with Crippen LogP contribution in [0.25, 0.3) is 11.0 Å². The maximum atomic E-state index is 12.4. The minimum atomic E-state index is -0.653. The molecular formula is C20H18N4O5. The van der Waals surface area contributed by atoms with Gasteiger partial charge in [0.05, 0.1) is 17.4 Å². The standard InChI is InChI=1S/C20H18N4O5/c1-11(2)24-19-13(8-22-24)5-14(7-21-19)20(27)29-9-16(25)12-3-4-17-15(6-12)23-18(26)10-28-17/h3-8,11H,9-10H2,1-2H3,(H,23,26). The Bertz CT molecular complexity index is 1140. The first kappa shape index (κ1) is 18.6. The molecule has 3 heterocycles. The SMILES string of the molecule is CC(C)n1ncc2cc(C(=O)OCC(=O)c3ccc4c(c3)NC(=O)CO4)cnc21. The van der Waals surface area contributed by atoms with Crippen LogP contribution in [0.2, 0.25) is 0 Å². The van der Waals surface area contributed by atoms with Gasteiger partial charge in [-0.2, -0.15) is 5.10 Å². The van der Waals surface area contributed by atoms with Crippen LogP contribution in [0.1, 0.15) is 40.6 Å². The van der Waals surface area contributed by atoms with Crippen molar-refractivity contribution < 1.29 is 23.9 Å². The van der Waals surface area contributed by atoms with Crippen molar-refractivity contribution in [2.45, 2.75) is 19.9 Å². The summed E-state index contributed by atoms with van der Waals surface area (Å²) in [4.78, 5) is 40.4. The van der Waals surface area contributed by atoms with Gasteiger partial charge in [0.2, 0.25) is 0 Å². The molecule has 1 aromatic carbocycles. The zero-order chi connectivity index (χ0) is 20.5. The molecule has 0 radical (unpaired) electrons. The van der Waals surface area contributed by atoms with Gasteiger partial charge >= 0.3 is 5.97 Å². The first-order chi connectivity index (χ1) is 13.9. The van der Waals surface area contributed by atoms with Crippen molar-refractivity contribution in [3.63, 3.8) is 0 Å². The molecule has 0 saturated heterocycles. The van der Waals surface area contributed by atoms with Gasteiger partial charge in [0.15, 0.2) is 24.6 Å². The molecule has 9 heteroatoms. The van der Waals surface area contributed by atoms with Gasteiger partial charge in [-0.1, -0.05) is 0 Å². The van der Waals surface area contributed by atoms with Gasteiger partial charge in [-0.3, -0.25) is 9.59 Å². The molecule has 29 heavy (non-hydrogen) atoms. The number of esters is 1. The Morgan fingerprint density at radius 2 is 2.07 bits per heavy atom. The molecule has 0 fully saturated rings. The van der Waals surface area contributed by atoms with Crippen LogP contribution in [0, 0.1) is 0 Å². The summed E-state index contributed by atoms with van der Waals surface area (Å²) in [5, 5.41) is 7.60. The predicted octanol–water partition coefficient (Wildman–Crippen LogP) is 2.38. The lowest BCUT2D eigenvalue weighted by Gasteiger charge is -2.18. The fourth-order valence-corrected chi connectivity index (χ4v) is 2.98. The Morgan fingerprint density at radius 3 is 2.86 bits per heavy atom. The highest BCUT2D eigenvalue weighted by Gasteiger charge is 2.19. The van der Waals surface area contributed by atoms with Crippen molar-refractivity contribution in [1.82, 2.24) is 14.8 Å². The fraction of sp³-hybridized carbons (Fsp3) is 0.250. The number of aromatic nitrogens is 3. The number of fused-ring (bicyclic) bond motifs is 2. The molecule has 1 N–H and O–H groups in total. The highest BCUT2D eigenvalue weighted by molar-refractivity contribution is 6.02. The number of ether oxygens (including phenoxy) is 2. The quantitative estimate of drug-likeness (QED) is 0.522. The van der Waals surface area contributed by atoms with Crippen molar-refractivity contribution in [3.05, 3.63) is 47.8 Å². The molecule has 2 aromatic heterocycles. The Morgan fingerprint density at radius 1 is 1.24 bits per heavy atom. The summed E-state index contributed by atoms with van der Waals surface area (Å²) in [7, 11) is 0. The van der Waals surface area contributed by atoms with Crippen molar-refractivity contribution in [1.29, 1.82) is 0 Å². The number of carbonyl (C=O) groups is 3. The lowest BCUT2D eigenvalue weighted by Crippen LogP contribution is -2.25. The predicted molar refractivity (Wildman–Crippen MR) is 103 cm³/mol. The lowest BCUT2D eigenvalue weighted by atomic mass is 10.1. The van der Waals surface area contributed by atoms with E-state index in [-0.39, 0.29) is 24.1 Å². The molecule has 1 aliphatic rings. The summed E-state index contributed by atoms with van der Waals surface area (Å²) in [6.45, 7) is 3.47. The molecule has 1 aliphatic heterocycles. The smallest absolute Gasteiger partial charge is 0.340 e. The molecule has 0 bridgehead atoms. The number of nitrogens with zero attached hydrogens (tertiary/aromatic N) is 3. The van der Waals surface area contributed by atoms with Gasteiger partial charge in [0.1, 0.15) is 5.75 Å². The zero-order valence-electron chi connectivity index (χ0n) is 15.8. The summed E-state index contributed by atoms with van der Waals surface area (Å²) in [5.74, 6) is -0.862. The largest absolute Gasteiger partial charge is 0.482 e. The number of amides is 1. The van der Waals surface area contributed by atoms with E-state index in [4.69, 9.17) is 9.47 Å². The van der Waals surface area contributed by atoms with Crippen LogP contribution >= 0.6 is 0 Å². The number of rotatable bonds is 5. The van der Waals surface area contributed by atoms with Crippen molar-refractivity contribution in [3.8, 4) is 5.75 Å². The minimum absolute atomic E-state index is 0.0631. The average Bonchev–Trinajstić information content (AvgIpc) is 3.14. The van der Waals surface area contributed by atoms with Crippen LogP contribution in [0.3, 0.4) is 0 Å². The molecular weight excluding hydrogens is 376 g/mol. The number of Topliss-reactive ketones (excluding diaryl/α,β-unsaturated/α-hetero) is 1. The van der Waals surface area contributed by atoms with E-state index in [2.05, 4.69) is 15.4 Å². The molecule has 4 rings (SSSR count). The summed E-state index contributed by atoms with van der Waals surface area (Å²) in [5.41, 5.74) is 1.62. The van der Waals surface area contributed by atoms with Crippen LogP contribution in [-0.4, -0.2) is 45.6 Å². The average molecular weight is 394 g/mol. The van der Waals surface area contributed by atoms with E-state index in [0.717, 1.165) is 0 Å². The normalized spacial score (nSPS) is 13.0. The number of anilines is 1. The number of hydrogen-bond donors (Lipinski definition) is 1. The second kappa shape index (κ2) is 7.34. The van der Waals surface area contributed by atoms with Crippen LogP contribution in [0.4, 0.5) is 5.69 Å². The van der Waals surface area contributed by atoms with Crippen molar-refractivity contribution in [2.24, 2.45) is 0 Å². The fourth-order valence-electron chi connectivity index (χ4n) is 2.98. The van der Waals surface area contributed by atoms with Crippen LogP contribution in [0.15, 0.2) is 36.7 Å². The summed E-state index contributed by atoms with van der Waals surface area (Å²) < 4.78 is 12.2. The number of benzene rings is 1. The monoisotopic (exact) mass is 394 g/mol. The molecule has 9 nitrogen and oxygen atoms in total. The van der Waals surface area contributed by atoms with Crippen LogP contribution in [-0.2, 0) is 9.53 Å². The summed E-state index contributed by atoms with van der Waals surface area (Å²) >= 11 is 0. The molecule has 0 saturated carbocycles. The molecule has 0 aliphatic carbocycles. The topological polar surface area (TPSA) is 112 Å². The Hall–Kier alpha value is -3.75. The maximum Gasteiger partial charge on any atom is 0.340 e. The van der Waals surface area contributed by atoms with E-state index in [1.54, 1.807) is 29.1 Å². The number of nitrogens with one attached hydrogen (secondary N) is 1. The highest BCUT2D eigenvalue weighted by atomic mass is 16.5. The maximum absolute atomic E-state index is 12.4. The van der Waals surface area contributed by atoms with Gasteiger partial charge in [-0.25, -0.2) is 14.5 Å². The lowest BCUT2D eigenvalue weighted by molar-refractivity contribution is -0.118. The first-order valence-corrected chi connectivity index (χ1v) is 9.02. The molecule has 1 amide bonds. The molecule has 0 unspecified atom stereocenters. The first-order valence-electron chi connectivity index (χ1n) is 9.02. The molecule has 3 aromatic rings. The zero-order valence-corrected chi connectivity index (χ0v) is 15.8. The molecule has 148 valence electrons. The Balaban J connectivity index is 1.44. The molecule has 0 spiro atoms. The number of pyridine rings is 1. The van der Waals surface area contributed by atoms with E-state index in [1.807, 2.05) is 13.8 Å². The number of ketones is 1. The third kappa shape index (κ3) is 3.66. The third-order valence-electron chi connectivity index (χ3n) is 4.43. The van der Waals surface area contributed by atoms with Gasteiger partial charge in [0.25, 0.3) is 5.91 Å². The molecule has 0 atom stereocenters. The Kier molecular flexibility index (Phi) is 4.71. The highest BCUT2D eigenvalue weighted by Crippen LogP contribution is 2.28. The van der Waals surface area contributed by atoms with Crippen molar-refractivity contribution >= 4 is 34.4 Å². The van der Waals surface area contributed by atoms with E-state index in [0.29, 0.717) is 28.0 Å². The van der Waals surface area contributed by atoms with E-state index in [9.17, 15) is 14.4 Å². The Labute approximate surface area is 165 Å². The van der Waals surface area contributed by atoms with Gasteiger partial charge in [0, 0.05) is 23.2 Å². The summed E-state index contributed by atoms with van der Waals surface area (Å²) in [6.07, 6.45) is 3.04. The van der Waals surface area contributed by atoms with E-state index >= 15 is 0 Å². The second-order valence-electron chi connectivity index (χ2n) is 6.87. The van der Waals surface area contributed by atoms with E-state index in [1.165, 1.54) is 12.3 Å². The minimum Gasteiger partial charge on any atom is -0.482 e. The van der Waals surface area contributed by atoms with Crippen LogP contribution in [0.5, 0.6) is 5.75 Å². The van der Waals surface area contributed by atoms with E-state index < -0.39 is 18.4 Å². The van der Waals surface area contributed by atoms with Gasteiger partial charge < -0.3 is 14.8 Å².